The fourth-order valence-corrected chi connectivity index (χ4v) is 2.00. The average Bonchev–Trinajstić information content (AvgIpc) is 2.98. The van der Waals surface area contributed by atoms with Crippen molar-refractivity contribution in [2.45, 2.75) is 19.5 Å². The highest BCUT2D eigenvalue weighted by Gasteiger charge is 2.07. The van der Waals surface area contributed by atoms with E-state index in [1.807, 2.05) is 17.7 Å². The zero-order valence-electron chi connectivity index (χ0n) is 12.2. The third kappa shape index (κ3) is 5.25. The Labute approximate surface area is 133 Å². The van der Waals surface area contributed by atoms with E-state index in [0.717, 1.165) is 0 Å². The largest absolute Gasteiger partial charge is 0.475 e. The smallest absolute Gasteiger partial charge is 0.315 e. The van der Waals surface area contributed by atoms with Crippen molar-refractivity contribution in [3.8, 4) is 5.88 Å². The lowest BCUT2D eigenvalue weighted by Gasteiger charge is -2.15. The third-order valence-corrected chi connectivity index (χ3v) is 3.06. The van der Waals surface area contributed by atoms with E-state index in [0.29, 0.717) is 30.6 Å². The first kappa shape index (κ1) is 16.1. The van der Waals surface area contributed by atoms with Crippen LogP contribution in [0.3, 0.4) is 0 Å². The number of pyridine rings is 1. The molecular weight excluding hydrogens is 306 g/mol. The number of hydrogen-bond acceptors (Lipinski definition) is 4. The lowest BCUT2D eigenvalue weighted by atomic mass is 10.3. The Morgan fingerprint density at radius 2 is 2.36 bits per heavy atom. The quantitative estimate of drug-likeness (QED) is 0.760. The summed E-state index contributed by atoms with van der Waals surface area (Å²) in [6.07, 6.45) is 6.85. The van der Waals surface area contributed by atoms with Crippen LogP contribution in [-0.2, 0) is 6.54 Å². The van der Waals surface area contributed by atoms with Gasteiger partial charge < -0.3 is 19.9 Å². The molecule has 118 valence electrons. The van der Waals surface area contributed by atoms with Crippen LogP contribution in [0.25, 0.3) is 0 Å². The number of carbonyl (C=O) groups is 1. The van der Waals surface area contributed by atoms with E-state index in [4.69, 9.17) is 16.3 Å². The third-order valence-electron chi connectivity index (χ3n) is 2.77. The van der Waals surface area contributed by atoms with Crippen molar-refractivity contribution in [3.05, 3.63) is 42.1 Å². The zero-order valence-corrected chi connectivity index (χ0v) is 13.0. The van der Waals surface area contributed by atoms with Gasteiger partial charge in [-0.15, -0.1) is 0 Å². The molecule has 0 spiro atoms. The molecule has 2 heterocycles. The van der Waals surface area contributed by atoms with E-state index in [1.165, 1.54) is 0 Å². The summed E-state index contributed by atoms with van der Waals surface area (Å²) in [7, 11) is 0. The summed E-state index contributed by atoms with van der Waals surface area (Å²) in [4.78, 5) is 19.7. The molecule has 2 amide bonds. The Kier molecular flexibility index (Phi) is 6.02. The van der Waals surface area contributed by atoms with Crippen molar-refractivity contribution in [3.63, 3.8) is 0 Å². The van der Waals surface area contributed by atoms with E-state index in [2.05, 4.69) is 20.6 Å². The van der Waals surface area contributed by atoms with E-state index in [1.54, 1.807) is 30.9 Å². The number of nitrogens with zero attached hydrogens (tertiary/aromatic N) is 3. The molecule has 22 heavy (non-hydrogen) atoms. The number of nitrogens with one attached hydrogen (secondary N) is 2. The van der Waals surface area contributed by atoms with Crippen molar-refractivity contribution in [1.29, 1.82) is 0 Å². The van der Waals surface area contributed by atoms with Crippen molar-refractivity contribution in [2.75, 3.05) is 13.2 Å². The number of aromatic nitrogens is 3. The highest BCUT2D eigenvalue weighted by atomic mass is 35.5. The number of urea groups is 1. The van der Waals surface area contributed by atoms with E-state index in [-0.39, 0.29) is 12.1 Å². The summed E-state index contributed by atoms with van der Waals surface area (Å²) in [6.45, 7) is 3.23. The van der Waals surface area contributed by atoms with Crippen LogP contribution in [0.15, 0.2) is 37.1 Å². The molecule has 0 aliphatic heterocycles. The predicted octanol–water partition coefficient (Wildman–Crippen LogP) is 1.70. The number of amides is 2. The summed E-state index contributed by atoms with van der Waals surface area (Å²) in [5.41, 5.74) is 0. The summed E-state index contributed by atoms with van der Waals surface area (Å²) < 4.78 is 7.28. The second-order valence-corrected chi connectivity index (χ2v) is 5.11. The standard InChI is InChI=1S/C14H18ClN5O2/c1-11(9-20-7-5-16-10-20)19-14(21)18-6-8-22-13-12(15)3-2-4-17-13/h2-5,7,10-11H,6,8-9H2,1H3,(H2,18,19,21)/t11-/m0/s1. The SMILES string of the molecule is C[C@@H](Cn1ccnc1)NC(=O)NCCOc1ncccc1Cl. The first-order chi connectivity index (χ1) is 10.6. The Morgan fingerprint density at radius 1 is 1.50 bits per heavy atom. The molecule has 7 nitrogen and oxygen atoms in total. The summed E-state index contributed by atoms with van der Waals surface area (Å²) in [5, 5.41) is 5.99. The fourth-order valence-electron chi connectivity index (χ4n) is 1.82. The maximum atomic E-state index is 11.7. The van der Waals surface area contributed by atoms with Crippen molar-refractivity contribution >= 4 is 17.6 Å². The maximum absolute atomic E-state index is 11.7. The Balaban J connectivity index is 1.62. The van der Waals surface area contributed by atoms with Gasteiger partial charge in [-0.3, -0.25) is 0 Å². The van der Waals surface area contributed by atoms with Gasteiger partial charge in [0.25, 0.3) is 0 Å². The van der Waals surface area contributed by atoms with Crippen LogP contribution in [-0.4, -0.2) is 39.8 Å². The van der Waals surface area contributed by atoms with Gasteiger partial charge in [-0.05, 0) is 19.1 Å². The average molecular weight is 324 g/mol. The van der Waals surface area contributed by atoms with Crippen molar-refractivity contribution in [2.24, 2.45) is 0 Å². The maximum Gasteiger partial charge on any atom is 0.315 e. The predicted molar refractivity (Wildman–Crippen MR) is 83.0 cm³/mol. The monoisotopic (exact) mass is 323 g/mol. The molecular formula is C14H18ClN5O2. The molecule has 0 saturated carbocycles. The minimum atomic E-state index is -0.247. The highest BCUT2D eigenvalue weighted by Crippen LogP contribution is 2.19. The molecule has 0 aromatic carbocycles. The van der Waals surface area contributed by atoms with Crippen molar-refractivity contribution < 1.29 is 9.53 Å². The van der Waals surface area contributed by atoms with E-state index in [9.17, 15) is 4.79 Å². The van der Waals surface area contributed by atoms with Gasteiger partial charge >= 0.3 is 6.03 Å². The molecule has 0 aliphatic carbocycles. The Morgan fingerprint density at radius 3 is 3.09 bits per heavy atom. The zero-order chi connectivity index (χ0) is 15.8. The van der Waals surface area contributed by atoms with Gasteiger partial charge in [0, 0.05) is 31.2 Å². The second-order valence-electron chi connectivity index (χ2n) is 4.70. The van der Waals surface area contributed by atoms with Gasteiger partial charge in [0.2, 0.25) is 5.88 Å². The molecule has 1 atom stereocenters. The molecule has 0 bridgehead atoms. The van der Waals surface area contributed by atoms with Crippen LogP contribution >= 0.6 is 11.6 Å². The fraction of sp³-hybridized carbons (Fsp3) is 0.357. The number of ether oxygens (including phenoxy) is 1. The minimum absolute atomic E-state index is 0.0136. The highest BCUT2D eigenvalue weighted by molar-refractivity contribution is 6.31. The molecule has 2 aromatic heterocycles. The first-order valence-electron chi connectivity index (χ1n) is 6.88. The second kappa shape index (κ2) is 8.23. The van der Waals surface area contributed by atoms with Gasteiger partial charge in [0.05, 0.1) is 12.9 Å². The van der Waals surface area contributed by atoms with Crippen LogP contribution in [0.2, 0.25) is 5.02 Å². The molecule has 2 aromatic rings. The van der Waals surface area contributed by atoms with Crippen LogP contribution in [0.1, 0.15) is 6.92 Å². The minimum Gasteiger partial charge on any atom is -0.475 e. The number of halogens is 1. The normalized spacial score (nSPS) is 11.7. The van der Waals surface area contributed by atoms with Crippen molar-refractivity contribution in [1.82, 2.24) is 25.2 Å². The van der Waals surface area contributed by atoms with E-state index >= 15 is 0 Å². The van der Waals surface area contributed by atoms with Gasteiger partial charge in [0.15, 0.2) is 0 Å². The van der Waals surface area contributed by atoms with Crippen LogP contribution in [0.5, 0.6) is 5.88 Å². The van der Waals surface area contributed by atoms with Crippen LogP contribution < -0.4 is 15.4 Å². The molecule has 2 rings (SSSR count). The molecule has 0 unspecified atom stereocenters. The summed E-state index contributed by atoms with van der Waals surface area (Å²) >= 11 is 5.91. The summed E-state index contributed by atoms with van der Waals surface area (Å²) in [5.74, 6) is 0.361. The number of hydrogen-bond donors (Lipinski definition) is 2. The van der Waals surface area contributed by atoms with Gasteiger partial charge in [0.1, 0.15) is 11.6 Å². The topological polar surface area (TPSA) is 81.1 Å². The Bertz CT molecular complexity index is 591. The Hall–Kier alpha value is -2.28. The number of carbonyl (C=O) groups excluding carboxylic acids is 1. The number of rotatable bonds is 7. The molecule has 8 heteroatoms. The molecule has 0 saturated heterocycles. The summed E-state index contributed by atoms with van der Waals surface area (Å²) in [6, 6.07) is 3.16. The first-order valence-corrected chi connectivity index (χ1v) is 7.26. The number of imidazole rings is 1. The molecule has 0 radical (unpaired) electrons. The van der Waals surface area contributed by atoms with Gasteiger partial charge in [-0.25, -0.2) is 14.8 Å². The van der Waals surface area contributed by atoms with Crippen LogP contribution in [0.4, 0.5) is 4.79 Å². The lowest BCUT2D eigenvalue weighted by Crippen LogP contribution is -2.43. The molecule has 0 fully saturated rings. The van der Waals surface area contributed by atoms with Gasteiger partial charge in [-0.2, -0.15) is 0 Å². The van der Waals surface area contributed by atoms with E-state index < -0.39 is 0 Å². The lowest BCUT2D eigenvalue weighted by molar-refractivity contribution is 0.231. The van der Waals surface area contributed by atoms with Crippen LogP contribution in [0, 0.1) is 0 Å². The molecule has 2 N–H and O–H groups in total. The molecule has 0 aliphatic rings. The van der Waals surface area contributed by atoms with Gasteiger partial charge in [-0.1, -0.05) is 11.6 Å².